The molecule has 1 aromatic carbocycles. The number of pyridine rings is 1. The molecule has 0 bridgehead atoms. The van der Waals surface area contributed by atoms with Gasteiger partial charge in [-0.15, -0.1) is 0 Å². The van der Waals surface area contributed by atoms with E-state index in [1.807, 2.05) is 65.1 Å². The van der Waals surface area contributed by atoms with Crippen LogP contribution in [0.15, 0.2) is 34.7 Å². The molecule has 0 aliphatic rings. The van der Waals surface area contributed by atoms with E-state index in [9.17, 15) is 0 Å². The average Bonchev–Trinajstić information content (AvgIpc) is 3.13. The standard InChI is InChI=1S/C21H22N4O2/c1-12-8-6-7-9-16(12)21-22-17(15(4)27-21)11-26-18-10-13(2)19-14(3)24-25(5)20(19)23-18/h6-10H,11H2,1-5H3. The van der Waals surface area contributed by atoms with E-state index in [-0.39, 0.29) is 0 Å². The van der Waals surface area contributed by atoms with Crippen molar-refractivity contribution in [2.75, 3.05) is 0 Å². The molecule has 6 nitrogen and oxygen atoms in total. The Kier molecular flexibility index (Phi) is 4.18. The quantitative estimate of drug-likeness (QED) is 0.537. The molecule has 3 aromatic heterocycles. The van der Waals surface area contributed by atoms with Crippen LogP contribution in [-0.2, 0) is 13.7 Å². The number of benzene rings is 1. The highest BCUT2D eigenvalue weighted by Crippen LogP contribution is 2.27. The molecular formula is C21H22N4O2. The van der Waals surface area contributed by atoms with Gasteiger partial charge in [0.1, 0.15) is 18.1 Å². The molecule has 0 saturated heterocycles. The van der Waals surface area contributed by atoms with Crippen LogP contribution < -0.4 is 4.74 Å². The summed E-state index contributed by atoms with van der Waals surface area (Å²) in [5.74, 6) is 1.93. The lowest BCUT2D eigenvalue weighted by atomic mass is 10.1. The number of ether oxygens (including phenoxy) is 1. The Labute approximate surface area is 157 Å². The SMILES string of the molecule is Cc1ccccc1-c1nc(COc2cc(C)c3c(C)nn(C)c3n2)c(C)o1. The zero-order valence-corrected chi connectivity index (χ0v) is 16.2. The largest absolute Gasteiger partial charge is 0.471 e. The van der Waals surface area contributed by atoms with Gasteiger partial charge in [-0.25, -0.2) is 4.98 Å². The Morgan fingerprint density at radius 3 is 2.59 bits per heavy atom. The van der Waals surface area contributed by atoms with E-state index in [4.69, 9.17) is 9.15 Å². The first-order chi connectivity index (χ1) is 12.9. The maximum Gasteiger partial charge on any atom is 0.226 e. The molecular weight excluding hydrogens is 340 g/mol. The fourth-order valence-corrected chi connectivity index (χ4v) is 3.34. The van der Waals surface area contributed by atoms with Crippen LogP contribution in [0.2, 0.25) is 0 Å². The minimum Gasteiger partial charge on any atom is -0.471 e. The van der Waals surface area contributed by atoms with Gasteiger partial charge >= 0.3 is 0 Å². The van der Waals surface area contributed by atoms with Crippen LogP contribution >= 0.6 is 0 Å². The van der Waals surface area contributed by atoms with Crippen molar-refractivity contribution in [3.05, 3.63) is 58.6 Å². The van der Waals surface area contributed by atoms with Crippen molar-refractivity contribution in [1.82, 2.24) is 19.7 Å². The molecule has 0 amide bonds. The van der Waals surface area contributed by atoms with Crippen LogP contribution in [0.4, 0.5) is 0 Å². The van der Waals surface area contributed by atoms with Crippen molar-refractivity contribution in [2.45, 2.75) is 34.3 Å². The molecule has 4 rings (SSSR count). The molecule has 6 heteroatoms. The van der Waals surface area contributed by atoms with E-state index in [1.54, 1.807) is 4.68 Å². The molecule has 0 spiro atoms. The molecule has 3 heterocycles. The third kappa shape index (κ3) is 3.07. The summed E-state index contributed by atoms with van der Waals surface area (Å²) in [4.78, 5) is 9.23. The maximum atomic E-state index is 5.93. The Morgan fingerprint density at radius 2 is 1.81 bits per heavy atom. The minimum atomic E-state index is 0.302. The molecule has 138 valence electrons. The van der Waals surface area contributed by atoms with Gasteiger partial charge in [-0.05, 0) is 44.9 Å². The fraction of sp³-hybridized carbons (Fsp3) is 0.286. The Morgan fingerprint density at radius 1 is 1.04 bits per heavy atom. The third-order valence-corrected chi connectivity index (χ3v) is 4.77. The normalized spacial score (nSPS) is 11.3. The molecule has 27 heavy (non-hydrogen) atoms. The average molecular weight is 362 g/mol. The minimum absolute atomic E-state index is 0.302. The molecule has 0 N–H and O–H groups in total. The van der Waals surface area contributed by atoms with E-state index >= 15 is 0 Å². The second kappa shape index (κ2) is 6.54. The predicted octanol–water partition coefficient (Wildman–Crippen LogP) is 4.44. The van der Waals surface area contributed by atoms with E-state index in [0.717, 1.165) is 44.9 Å². The highest BCUT2D eigenvalue weighted by Gasteiger charge is 2.15. The fourth-order valence-electron chi connectivity index (χ4n) is 3.34. The molecule has 0 saturated carbocycles. The van der Waals surface area contributed by atoms with Gasteiger partial charge in [0.2, 0.25) is 11.8 Å². The van der Waals surface area contributed by atoms with E-state index in [2.05, 4.69) is 15.1 Å². The summed E-state index contributed by atoms with van der Waals surface area (Å²) in [6.45, 7) is 8.28. The summed E-state index contributed by atoms with van der Waals surface area (Å²) in [5, 5.41) is 5.51. The number of rotatable bonds is 4. The Bertz CT molecular complexity index is 1140. The molecule has 0 aliphatic heterocycles. The first-order valence-corrected chi connectivity index (χ1v) is 8.90. The van der Waals surface area contributed by atoms with Crippen LogP contribution in [0.5, 0.6) is 5.88 Å². The molecule has 4 aromatic rings. The number of oxazole rings is 1. The van der Waals surface area contributed by atoms with Crippen LogP contribution in [0.25, 0.3) is 22.5 Å². The third-order valence-electron chi connectivity index (χ3n) is 4.77. The molecule has 0 radical (unpaired) electrons. The summed E-state index contributed by atoms with van der Waals surface area (Å²) in [7, 11) is 1.89. The van der Waals surface area contributed by atoms with Crippen molar-refractivity contribution in [3.63, 3.8) is 0 Å². The predicted molar refractivity (Wildman–Crippen MR) is 104 cm³/mol. The van der Waals surface area contributed by atoms with Gasteiger partial charge < -0.3 is 9.15 Å². The van der Waals surface area contributed by atoms with Crippen LogP contribution in [0.3, 0.4) is 0 Å². The van der Waals surface area contributed by atoms with Crippen molar-refractivity contribution in [3.8, 4) is 17.3 Å². The first-order valence-electron chi connectivity index (χ1n) is 8.90. The number of nitrogens with zero attached hydrogens (tertiary/aromatic N) is 4. The number of hydrogen-bond donors (Lipinski definition) is 0. The van der Waals surface area contributed by atoms with Gasteiger partial charge in [0.25, 0.3) is 0 Å². The van der Waals surface area contributed by atoms with Crippen LogP contribution in [-0.4, -0.2) is 19.7 Å². The zero-order valence-electron chi connectivity index (χ0n) is 16.2. The molecule has 0 fully saturated rings. The van der Waals surface area contributed by atoms with E-state index in [1.165, 1.54) is 0 Å². The Hall–Kier alpha value is -3.15. The summed E-state index contributed by atoms with van der Waals surface area (Å²) >= 11 is 0. The first kappa shape index (κ1) is 17.3. The van der Waals surface area contributed by atoms with E-state index in [0.29, 0.717) is 18.4 Å². The summed E-state index contributed by atoms with van der Waals surface area (Å²) < 4.78 is 13.6. The monoisotopic (exact) mass is 362 g/mol. The summed E-state index contributed by atoms with van der Waals surface area (Å²) in [6.07, 6.45) is 0. The molecule has 0 unspecified atom stereocenters. The van der Waals surface area contributed by atoms with Gasteiger partial charge in [0.05, 0.1) is 5.69 Å². The highest BCUT2D eigenvalue weighted by atomic mass is 16.5. The van der Waals surface area contributed by atoms with Crippen molar-refractivity contribution in [1.29, 1.82) is 0 Å². The zero-order chi connectivity index (χ0) is 19.1. The van der Waals surface area contributed by atoms with Gasteiger partial charge in [0, 0.05) is 24.1 Å². The van der Waals surface area contributed by atoms with Crippen LogP contribution in [0, 0.1) is 27.7 Å². The van der Waals surface area contributed by atoms with Crippen molar-refractivity contribution >= 4 is 11.0 Å². The lowest BCUT2D eigenvalue weighted by Gasteiger charge is -2.06. The summed E-state index contributed by atoms with van der Waals surface area (Å²) in [6, 6.07) is 9.98. The number of aromatic nitrogens is 4. The maximum absolute atomic E-state index is 5.93. The lowest BCUT2D eigenvalue weighted by Crippen LogP contribution is -2.01. The second-order valence-corrected chi connectivity index (χ2v) is 6.81. The van der Waals surface area contributed by atoms with Gasteiger partial charge in [-0.1, -0.05) is 18.2 Å². The number of fused-ring (bicyclic) bond motifs is 1. The lowest BCUT2D eigenvalue weighted by molar-refractivity contribution is 0.288. The highest BCUT2D eigenvalue weighted by molar-refractivity contribution is 5.82. The number of hydrogen-bond acceptors (Lipinski definition) is 5. The van der Waals surface area contributed by atoms with Crippen molar-refractivity contribution in [2.24, 2.45) is 7.05 Å². The number of aryl methyl sites for hydroxylation is 5. The molecule has 0 aliphatic carbocycles. The van der Waals surface area contributed by atoms with Crippen LogP contribution in [0.1, 0.15) is 28.3 Å². The summed E-state index contributed by atoms with van der Waals surface area (Å²) in [5.41, 5.74) is 5.78. The van der Waals surface area contributed by atoms with Crippen molar-refractivity contribution < 1.29 is 9.15 Å². The topological polar surface area (TPSA) is 66.0 Å². The Balaban J connectivity index is 1.60. The van der Waals surface area contributed by atoms with Gasteiger partial charge in [0.15, 0.2) is 5.65 Å². The second-order valence-electron chi connectivity index (χ2n) is 6.81. The van der Waals surface area contributed by atoms with Gasteiger partial charge in [-0.2, -0.15) is 10.1 Å². The smallest absolute Gasteiger partial charge is 0.226 e. The molecule has 0 atom stereocenters. The van der Waals surface area contributed by atoms with Gasteiger partial charge in [-0.3, -0.25) is 4.68 Å². The van der Waals surface area contributed by atoms with E-state index < -0.39 is 0 Å².